The molecule has 0 aliphatic heterocycles. The number of anilines is 3. The molecule has 1 aromatic heterocycles. The number of rotatable bonds is 5. The number of halogens is 2. The minimum absolute atomic E-state index is 0.291. The Hall–Kier alpha value is -1.69. The van der Waals surface area contributed by atoms with Gasteiger partial charge in [0, 0.05) is 24.7 Å². The van der Waals surface area contributed by atoms with E-state index in [9.17, 15) is 4.39 Å². The summed E-state index contributed by atoms with van der Waals surface area (Å²) in [4.78, 5) is 8.79. The Bertz CT molecular complexity index is 604. The first-order chi connectivity index (χ1) is 9.62. The third-order valence-corrected chi connectivity index (χ3v) is 3.25. The monoisotopic (exact) mass is 338 g/mol. The normalized spacial score (nSPS) is 10.4. The van der Waals surface area contributed by atoms with Gasteiger partial charge in [-0.15, -0.1) is 0 Å². The zero-order valence-corrected chi connectivity index (χ0v) is 13.0. The summed E-state index contributed by atoms with van der Waals surface area (Å²) in [6.45, 7) is 4.81. The summed E-state index contributed by atoms with van der Waals surface area (Å²) in [5.74, 6) is 1.93. The molecule has 1 heterocycles. The maximum atomic E-state index is 13.2. The largest absolute Gasteiger partial charge is 0.370 e. The van der Waals surface area contributed by atoms with Crippen molar-refractivity contribution in [2.24, 2.45) is 0 Å². The third-order valence-electron chi connectivity index (χ3n) is 2.64. The van der Waals surface area contributed by atoms with Gasteiger partial charge in [0.1, 0.15) is 23.3 Å². The molecule has 1 aromatic carbocycles. The van der Waals surface area contributed by atoms with Crippen LogP contribution in [0.5, 0.6) is 0 Å². The summed E-state index contributed by atoms with van der Waals surface area (Å²) in [5.41, 5.74) is 0.765. The molecule has 4 nitrogen and oxygen atoms in total. The Morgan fingerprint density at radius 1 is 1.15 bits per heavy atom. The molecule has 2 aromatic rings. The molecule has 0 fully saturated rings. The standard InChI is InChI=1S/C14H16BrFN4/c1-3-12-19-13(17-4-2)8-14(20-12)18-9-5-6-11(16)10(15)7-9/h5-8H,3-4H2,1-2H3,(H2,17,18,19,20). The molecule has 0 atom stereocenters. The number of benzene rings is 1. The molecule has 0 bridgehead atoms. The fourth-order valence-corrected chi connectivity index (χ4v) is 2.09. The highest BCUT2D eigenvalue weighted by molar-refractivity contribution is 9.10. The number of aromatic nitrogens is 2. The van der Waals surface area contributed by atoms with Crippen molar-refractivity contribution in [3.63, 3.8) is 0 Å². The van der Waals surface area contributed by atoms with E-state index < -0.39 is 0 Å². The summed E-state index contributed by atoms with van der Waals surface area (Å²) >= 11 is 3.17. The summed E-state index contributed by atoms with van der Waals surface area (Å²) in [7, 11) is 0. The molecule has 0 amide bonds. The van der Waals surface area contributed by atoms with E-state index in [2.05, 4.69) is 36.5 Å². The van der Waals surface area contributed by atoms with E-state index in [0.29, 0.717) is 10.3 Å². The molecule has 0 aliphatic rings. The van der Waals surface area contributed by atoms with Crippen LogP contribution in [0.2, 0.25) is 0 Å². The summed E-state index contributed by atoms with van der Waals surface area (Å²) in [6.07, 6.45) is 0.751. The van der Waals surface area contributed by atoms with Crippen LogP contribution in [0, 0.1) is 5.82 Å². The summed E-state index contributed by atoms with van der Waals surface area (Å²) in [6, 6.07) is 6.58. The second kappa shape index (κ2) is 6.65. The highest BCUT2D eigenvalue weighted by Gasteiger charge is 2.05. The zero-order valence-electron chi connectivity index (χ0n) is 11.4. The van der Waals surface area contributed by atoms with Crippen LogP contribution in [-0.2, 0) is 6.42 Å². The molecule has 0 saturated heterocycles. The molecule has 2 rings (SSSR count). The van der Waals surface area contributed by atoms with Gasteiger partial charge in [-0.2, -0.15) is 0 Å². The fraction of sp³-hybridized carbons (Fsp3) is 0.286. The minimum Gasteiger partial charge on any atom is -0.370 e. The SMILES string of the molecule is CCNc1cc(Nc2ccc(F)c(Br)c2)nc(CC)n1. The van der Waals surface area contributed by atoms with Crippen molar-refractivity contribution in [3.8, 4) is 0 Å². The van der Waals surface area contributed by atoms with Gasteiger partial charge in [0.2, 0.25) is 0 Å². The number of aryl methyl sites for hydroxylation is 1. The van der Waals surface area contributed by atoms with Crippen LogP contribution in [0.25, 0.3) is 0 Å². The molecular weight excluding hydrogens is 323 g/mol. The van der Waals surface area contributed by atoms with Gasteiger partial charge < -0.3 is 10.6 Å². The maximum Gasteiger partial charge on any atom is 0.137 e. The first-order valence-electron chi connectivity index (χ1n) is 6.46. The van der Waals surface area contributed by atoms with Crippen LogP contribution in [0.3, 0.4) is 0 Å². The number of hydrogen-bond acceptors (Lipinski definition) is 4. The first kappa shape index (κ1) is 14.7. The second-order valence-electron chi connectivity index (χ2n) is 4.19. The van der Waals surface area contributed by atoms with Gasteiger partial charge in [0.25, 0.3) is 0 Å². The van der Waals surface area contributed by atoms with Crippen molar-refractivity contribution in [2.75, 3.05) is 17.2 Å². The first-order valence-corrected chi connectivity index (χ1v) is 7.25. The van der Waals surface area contributed by atoms with Crippen LogP contribution in [0.4, 0.5) is 21.7 Å². The lowest BCUT2D eigenvalue weighted by molar-refractivity contribution is 0.621. The molecule has 106 valence electrons. The van der Waals surface area contributed by atoms with Crippen molar-refractivity contribution >= 4 is 33.3 Å². The lowest BCUT2D eigenvalue weighted by atomic mass is 10.3. The topological polar surface area (TPSA) is 49.8 Å². The molecule has 0 aliphatic carbocycles. The molecule has 0 saturated carbocycles. The van der Waals surface area contributed by atoms with Crippen LogP contribution in [-0.4, -0.2) is 16.5 Å². The van der Waals surface area contributed by atoms with E-state index in [0.717, 1.165) is 30.3 Å². The van der Waals surface area contributed by atoms with E-state index in [1.165, 1.54) is 6.07 Å². The smallest absolute Gasteiger partial charge is 0.137 e. The highest BCUT2D eigenvalue weighted by Crippen LogP contribution is 2.23. The summed E-state index contributed by atoms with van der Waals surface area (Å²) in [5, 5.41) is 6.33. The van der Waals surface area contributed by atoms with Crippen molar-refractivity contribution < 1.29 is 4.39 Å². The lowest BCUT2D eigenvalue weighted by Crippen LogP contribution is -2.05. The van der Waals surface area contributed by atoms with Gasteiger partial charge in [-0.3, -0.25) is 0 Å². The van der Waals surface area contributed by atoms with Gasteiger partial charge in [0.05, 0.1) is 4.47 Å². The molecule has 2 N–H and O–H groups in total. The van der Waals surface area contributed by atoms with Crippen molar-refractivity contribution in [1.82, 2.24) is 9.97 Å². The molecule has 0 radical (unpaired) electrons. The fourth-order valence-electron chi connectivity index (χ4n) is 1.71. The van der Waals surface area contributed by atoms with Crippen molar-refractivity contribution in [2.45, 2.75) is 20.3 Å². The van der Waals surface area contributed by atoms with Gasteiger partial charge in [-0.25, -0.2) is 14.4 Å². The Morgan fingerprint density at radius 3 is 2.55 bits per heavy atom. The zero-order chi connectivity index (χ0) is 14.5. The van der Waals surface area contributed by atoms with Gasteiger partial charge in [0.15, 0.2) is 0 Å². The van der Waals surface area contributed by atoms with Crippen molar-refractivity contribution in [1.29, 1.82) is 0 Å². The third kappa shape index (κ3) is 3.66. The van der Waals surface area contributed by atoms with Gasteiger partial charge in [-0.1, -0.05) is 6.92 Å². The lowest BCUT2D eigenvalue weighted by Gasteiger charge is -2.10. The van der Waals surface area contributed by atoms with Gasteiger partial charge in [-0.05, 0) is 41.1 Å². The average Bonchev–Trinajstić information content (AvgIpc) is 2.43. The second-order valence-corrected chi connectivity index (χ2v) is 5.05. The van der Waals surface area contributed by atoms with Crippen LogP contribution >= 0.6 is 15.9 Å². The Balaban J connectivity index is 2.27. The predicted molar refractivity (Wildman–Crippen MR) is 83.0 cm³/mol. The van der Waals surface area contributed by atoms with E-state index in [-0.39, 0.29) is 5.82 Å². The molecule has 20 heavy (non-hydrogen) atoms. The number of nitrogens with zero attached hydrogens (tertiary/aromatic N) is 2. The Morgan fingerprint density at radius 2 is 1.90 bits per heavy atom. The molecule has 0 unspecified atom stereocenters. The number of nitrogens with one attached hydrogen (secondary N) is 2. The van der Waals surface area contributed by atoms with Crippen molar-refractivity contribution in [3.05, 3.63) is 40.4 Å². The van der Waals surface area contributed by atoms with E-state index >= 15 is 0 Å². The molecule has 0 spiro atoms. The Kier molecular flexibility index (Phi) is 4.89. The van der Waals surface area contributed by atoms with E-state index in [1.807, 2.05) is 19.9 Å². The van der Waals surface area contributed by atoms with E-state index in [1.54, 1.807) is 12.1 Å². The highest BCUT2D eigenvalue weighted by atomic mass is 79.9. The predicted octanol–water partition coefficient (Wildman–Crippen LogP) is 4.12. The minimum atomic E-state index is -0.291. The maximum absolute atomic E-state index is 13.2. The van der Waals surface area contributed by atoms with Crippen LogP contribution < -0.4 is 10.6 Å². The van der Waals surface area contributed by atoms with Crippen LogP contribution in [0.1, 0.15) is 19.7 Å². The van der Waals surface area contributed by atoms with Gasteiger partial charge >= 0.3 is 0 Å². The quantitative estimate of drug-likeness (QED) is 0.861. The van der Waals surface area contributed by atoms with Crippen LogP contribution in [0.15, 0.2) is 28.7 Å². The average molecular weight is 339 g/mol. The summed E-state index contributed by atoms with van der Waals surface area (Å²) < 4.78 is 13.6. The molecule has 6 heteroatoms. The number of hydrogen-bond donors (Lipinski definition) is 2. The Labute approximate surface area is 126 Å². The van der Waals surface area contributed by atoms with E-state index in [4.69, 9.17) is 0 Å². The molecular formula is C14H16BrFN4.